The van der Waals surface area contributed by atoms with E-state index in [4.69, 9.17) is 39.5 Å². The highest BCUT2D eigenvalue weighted by Gasteiger charge is 2.34. The lowest BCUT2D eigenvalue weighted by molar-refractivity contribution is -0.148. The molecule has 0 aromatic heterocycles. The van der Waals surface area contributed by atoms with Gasteiger partial charge in [-0.3, -0.25) is 9.59 Å². The third-order valence-corrected chi connectivity index (χ3v) is 3.71. The maximum absolute atomic E-state index is 11.6. The summed E-state index contributed by atoms with van der Waals surface area (Å²) in [5.41, 5.74) is 0. The van der Waals surface area contributed by atoms with E-state index in [-0.39, 0.29) is 17.8 Å². The Morgan fingerprint density at radius 1 is 1.28 bits per heavy atom. The van der Waals surface area contributed by atoms with Crippen molar-refractivity contribution in [2.24, 2.45) is 11.8 Å². The Morgan fingerprint density at radius 2 is 1.89 bits per heavy atom. The maximum atomic E-state index is 11.6. The van der Waals surface area contributed by atoms with Gasteiger partial charge in [-0.15, -0.1) is 0 Å². The number of ether oxygens (including phenoxy) is 1. The van der Waals surface area contributed by atoms with Crippen molar-refractivity contribution in [3.05, 3.63) is 0 Å². The van der Waals surface area contributed by atoms with Crippen molar-refractivity contribution in [1.82, 2.24) is 5.32 Å². The van der Waals surface area contributed by atoms with Gasteiger partial charge in [0.1, 0.15) is 0 Å². The van der Waals surface area contributed by atoms with Gasteiger partial charge in [0, 0.05) is 6.54 Å². The molecule has 1 saturated carbocycles. The first-order valence-electron chi connectivity index (χ1n) is 5.79. The number of esters is 1. The van der Waals surface area contributed by atoms with Gasteiger partial charge in [0.25, 0.3) is 9.70 Å². The molecule has 0 radical (unpaired) electrons. The van der Waals surface area contributed by atoms with Gasteiger partial charge < -0.3 is 10.1 Å². The van der Waals surface area contributed by atoms with Gasteiger partial charge in [-0.2, -0.15) is 0 Å². The normalized spacial score (nSPS) is 24.4. The SMILES string of the molecule is COC(=O)C1CCCCC1CNC(=O)C(Cl)(Cl)Cl. The Balaban J connectivity index is 2.53. The van der Waals surface area contributed by atoms with Crippen LogP contribution < -0.4 is 5.32 Å². The smallest absolute Gasteiger partial charge is 0.309 e. The molecule has 0 aromatic rings. The lowest BCUT2D eigenvalue weighted by Crippen LogP contribution is -2.41. The Hall–Kier alpha value is -0.190. The summed E-state index contributed by atoms with van der Waals surface area (Å²) in [5.74, 6) is -1.04. The molecule has 0 aromatic carbocycles. The number of hydrogen-bond donors (Lipinski definition) is 1. The number of alkyl halides is 3. The molecule has 0 aliphatic heterocycles. The minimum atomic E-state index is -1.96. The van der Waals surface area contributed by atoms with Gasteiger partial charge in [-0.05, 0) is 18.8 Å². The van der Waals surface area contributed by atoms with Crippen LogP contribution in [0, 0.1) is 11.8 Å². The summed E-state index contributed by atoms with van der Waals surface area (Å²) in [5, 5.41) is 2.56. The summed E-state index contributed by atoms with van der Waals surface area (Å²) < 4.78 is 2.80. The van der Waals surface area contributed by atoms with E-state index in [2.05, 4.69) is 5.32 Å². The number of hydrogen-bond acceptors (Lipinski definition) is 3. The molecule has 0 bridgehead atoms. The molecule has 1 aliphatic carbocycles. The third-order valence-electron chi connectivity index (χ3n) is 3.20. The molecule has 1 aliphatic rings. The van der Waals surface area contributed by atoms with E-state index in [0.717, 1.165) is 25.7 Å². The van der Waals surface area contributed by atoms with Crippen molar-refractivity contribution in [3.63, 3.8) is 0 Å². The van der Waals surface area contributed by atoms with Crippen molar-refractivity contribution in [2.75, 3.05) is 13.7 Å². The number of amides is 1. The van der Waals surface area contributed by atoms with Gasteiger partial charge in [0.15, 0.2) is 0 Å². The Bertz CT molecular complexity index is 317. The van der Waals surface area contributed by atoms with Crippen LogP contribution in [0.2, 0.25) is 0 Å². The molecule has 2 unspecified atom stereocenters. The number of methoxy groups -OCH3 is 1. The molecule has 1 rings (SSSR count). The van der Waals surface area contributed by atoms with Crippen LogP contribution in [0.15, 0.2) is 0 Å². The Morgan fingerprint density at radius 3 is 2.44 bits per heavy atom. The lowest BCUT2D eigenvalue weighted by Gasteiger charge is -2.29. The second kappa shape index (κ2) is 6.83. The molecule has 4 nitrogen and oxygen atoms in total. The Labute approximate surface area is 121 Å². The van der Waals surface area contributed by atoms with Gasteiger partial charge in [-0.25, -0.2) is 0 Å². The highest BCUT2D eigenvalue weighted by atomic mass is 35.6. The van der Waals surface area contributed by atoms with Crippen LogP contribution in [0.1, 0.15) is 25.7 Å². The van der Waals surface area contributed by atoms with Gasteiger partial charge in [0.2, 0.25) is 0 Å². The average Bonchev–Trinajstić information content (AvgIpc) is 2.34. The van der Waals surface area contributed by atoms with Gasteiger partial charge in [-0.1, -0.05) is 47.6 Å². The molecule has 1 fully saturated rings. The van der Waals surface area contributed by atoms with Crippen molar-refractivity contribution in [1.29, 1.82) is 0 Å². The molecular weight excluding hydrogens is 300 g/mol. The van der Waals surface area contributed by atoms with E-state index in [9.17, 15) is 9.59 Å². The van der Waals surface area contributed by atoms with E-state index >= 15 is 0 Å². The topological polar surface area (TPSA) is 55.4 Å². The number of rotatable bonds is 3. The molecule has 0 heterocycles. The zero-order chi connectivity index (χ0) is 13.8. The predicted molar refractivity (Wildman–Crippen MR) is 70.8 cm³/mol. The fourth-order valence-corrected chi connectivity index (χ4v) is 2.44. The first-order valence-corrected chi connectivity index (χ1v) is 6.92. The lowest BCUT2D eigenvalue weighted by atomic mass is 9.79. The zero-order valence-corrected chi connectivity index (χ0v) is 12.3. The molecule has 18 heavy (non-hydrogen) atoms. The number of nitrogens with one attached hydrogen (secondary N) is 1. The van der Waals surface area contributed by atoms with E-state index in [1.165, 1.54) is 7.11 Å². The molecule has 104 valence electrons. The largest absolute Gasteiger partial charge is 0.469 e. The van der Waals surface area contributed by atoms with Gasteiger partial charge >= 0.3 is 5.97 Å². The first kappa shape index (κ1) is 15.9. The van der Waals surface area contributed by atoms with Crippen LogP contribution in [0.3, 0.4) is 0 Å². The van der Waals surface area contributed by atoms with Crippen LogP contribution in [0.4, 0.5) is 0 Å². The summed E-state index contributed by atoms with van der Waals surface area (Å²) >= 11 is 16.4. The van der Waals surface area contributed by atoms with Crippen LogP contribution >= 0.6 is 34.8 Å². The third kappa shape index (κ3) is 4.48. The minimum Gasteiger partial charge on any atom is -0.469 e. The van der Waals surface area contributed by atoms with E-state index in [1.807, 2.05) is 0 Å². The van der Waals surface area contributed by atoms with E-state index in [1.54, 1.807) is 0 Å². The van der Waals surface area contributed by atoms with Crippen molar-refractivity contribution in [3.8, 4) is 0 Å². The predicted octanol–water partition coefficient (Wildman–Crippen LogP) is 2.45. The van der Waals surface area contributed by atoms with E-state index in [0.29, 0.717) is 6.54 Å². The quantitative estimate of drug-likeness (QED) is 0.643. The summed E-state index contributed by atoms with van der Waals surface area (Å²) in [6, 6.07) is 0. The number of halogens is 3. The molecule has 2 atom stereocenters. The van der Waals surface area contributed by atoms with Crippen molar-refractivity contribution < 1.29 is 14.3 Å². The zero-order valence-electron chi connectivity index (χ0n) is 10.0. The minimum absolute atomic E-state index is 0.0440. The fourth-order valence-electron chi connectivity index (χ4n) is 2.24. The molecule has 1 N–H and O–H groups in total. The molecule has 0 saturated heterocycles. The van der Waals surface area contributed by atoms with Crippen molar-refractivity contribution in [2.45, 2.75) is 29.5 Å². The van der Waals surface area contributed by atoms with E-state index < -0.39 is 9.70 Å². The molecular formula is C11H16Cl3NO3. The molecule has 7 heteroatoms. The van der Waals surface area contributed by atoms with Crippen molar-refractivity contribution >= 4 is 46.7 Å². The number of carbonyl (C=O) groups is 2. The highest BCUT2D eigenvalue weighted by Crippen LogP contribution is 2.31. The Kier molecular flexibility index (Phi) is 6.02. The van der Waals surface area contributed by atoms with Crippen LogP contribution in [-0.4, -0.2) is 29.3 Å². The fraction of sp³-hybridized carbons (Fsp3) is 0.818. The summed E-state index contributed by atoms with van der Waals surface area (Å²) in [6.45, 7) is 0.326. The second-order valence-electron chi connectivity index (χ2n) is 4.38. The second-order valence-corrected chi connectivity index (χ2v) is 6.66. The summed E-state index contributed by atoms with van der Waals surface area (Å²) in [6.07, 6.45) is 3.66. The van der Waals surface area contributed by atoms with Crippen LogP contribution in [-0.2, 0) is 14.3 Å². The average molecular weight is 317 g/mol. The monoisotopic (exact) mass is 315 g/mol. The summed E-state index contributed by atoms with van der Waals surface area (Å²) in [4.78, 5) is 23.0. The molecule has 0 spiro atoms. The maximum Gasteiger partial charge on any atom is 0.309 e. The van der Waals surface area contributed by atoms with Gasteiger partial charge in [0.05, 0.1) is 13.0 Å². The molecule has 1 amide bonds. The van der Waals surface area contributed by atoms with Crippen LogP contribution in [0.5, 0.6) is 0 Å². The highest BCUT2D eigenvalue weighted by molar-refractivity contribution is 6.76. The standard InChI is InChI=1S/C11H16Cl3NO3/c1-18-9(16)8-5-3-2-4-7(8)6-15-10(17)11(12,13)14/h7-8H,2-6H2,1H3,(H,15,17). The summed E-state index contributed by atoms with van der Waals surface area (Å²) in [7, 11) is 1.37. The first-order chi connectivity index (χ1) is 8.36. The number of carbonyl (C=O) groups excluding carboxylic acids is 2. The van der Waals surface area contributed by atoms with Crippen LogP contribution in [0.25, 0.3) is 0 Å².